The van der Waals surface area contributed by atoms with Crippen LogP contribution in [-0.4, -0.2) is 30.5 Å². The van der Waals surface area contributed by atoms with E-state index in [1.54, 1.807) is 25.4 Å². The third kappa shape index (κ3) is 3.85. The van der Waals surface area contributed by atoms with Gasteiger partial charge in [-0.15, -0.1) is 0 Å². The SMILES string of the molecule is COc1ncc(-c2ccc3ncc4nc(C)oc4c3c2)cc1NS(=O)(=O)c1ccc(F)cc1. The van der Waals surface area contributed by atoms with Crippen LogP contribution >= 0.6 is 0 Å². The van der Waals surface area contributed by atoms with Gasteiger partial charge in [0.15, 0.2) is 11.5 Å². The van der Waals surface area contributed by atoms with E-state index in [-0.39, 0.29) is 16.5 Å². The Morgan fingerprint density at radius 3 is 2.52 bits per heavy atom. The molecule has 166 valence electrons. The van der Waals surface area contributed by atoms with Gasteiger partial charge in [-0.2, -0.15) is 0 Å². The van der Waals surface area contributed by atoms with Crippen molar-refractivity contribution in [3.63, 3.8) is 0 Å². The van der Waals surface area contributed by atoms with Crippen LogP contribution in [-0.2, 0) is 10.0 Å². The molecule has 0 aliphatic heterocycles. The summed E-state index contributed by atoms with van der Waals surface area (Å²) in [6.45, 7) is 1.77. The smallest absolute Gasteiger partial charge is 0.262 e. The van der Waals surface area contributed by atoms with E-state index in [9.17, 15) is 12.8 Å². The van der Waals surface area contributed by atoms with Crippen molar-refractivity contribution in [1.29, 1.82) is 0 Å². The zero-order valence-electron chi connectivity index (χ0n) is 17.5. The summed E-state index contributed by atoms with van der Waals surface area (Å²) in [6.07, 6.45) is 3.24. The Hall–Kier alpha value is -4.05. The summed E-state index contributed by atoms with van der Waals surface area (Å²) in [5, 5.41) is 0.773. The molecular formula is C23H17FN4O4S. The summed E-state index contributed by atoms with van der Waals surface area (Å²) in [5.41, 5.74) is 3.56. The third-order valence-corrected chi connectivity index (χ3v) is 6.45. The van der Waals surface area contributed by atoms with Crippen LogP contribution in [0.1, 0.15) is 5.89 Å². The summed E-state index contributed by atoms with van der Waals surface area (Å²) in [5.74, 6) is 0.102. The summed E-state index contributed by atoms with van der Waals surface area (Å²) in [4.78, 5) is 12.9. The molecule has 1 N–H and O–H groups in total. The Morgan fingerprint density at radius 1 is 0.970 bits per heavy atom. The summed E-state index contributed by atoms with van der Waals surface area (Å²) >= 11 is 0. The van der Waals surface area contributed by atoms with Gasteiger partial charge in [0.2, 0.25) is 5.88 Å². The predicted molar refractivity (Wildman–Crippen MR) is 121 cm³/mol. The molecule has 3 heterocycles. The van der Waals surface area contributed by atoms with Crippen molar-refractivity contribution in [3.8, 4) is 17.0 Å². The van der Waals surface area contributed by atoms with Crippen LogP contribution in [0.5, 0.6) is 5.88 Å². The van der Waals surface area contributed by atoms with Gasteiger partial charge in [0, 0.05) is 24.1 Å². The first kappa shape index (κ1) is 20.8. The van der Waals surface area contributed by atoms with Crippen LogP contribution in [0, 0.1) is 12.7 Å². The second-order valence-corrected chi connectivity index (χ2v) is 8.96. The molecule has 2 aromatic carbocycles. The number of hydrogen-bond donors (Lipinski definition) is 1. The number of methoxy groups -OCH3 is 1. The van der Waals surface area contributed by atoms with E-state index < -0.39 is 15.8 Å². The fourth-order valence-corrected chi connectivity index (χ4v) is 4.58. The van der Waals surface area contributed by atoms with Crippen molar-refractivity contribution in [2.24, 2.45) is 0 Å². The van der Waals surface area contributed by atoms with Gasteiger partial charge in [0.05, 0.1) is 23.7 Å². The first-order chi connectivity index (χ1) is 15.8. The number of aromatic nitrogens is 3. The maximum atomic E-state index is 13.2. The standard InChI is InChI=1S/C23H17FN4O4S/c1-13-27-21-12-25-19-8-3-14(9-18(19)22(21)32-13)15-10-20(23(31-2)26-11-15)28-33(29,30)17-6-4-16(24)5-7-17/h3-12,28H,1-2H3. The van der Waals surface area contributed by atoms with Gasteiger partial charge in [-0.25, -0.2) is 22.8 Å². The van der Waals surface area contributed by atoms with Crippen molar-refractivity contribution in [3.05, 3.63) is 72.6 Å². The van der Waals surface area contributed by atoms with Crippen LogP contribution in [0.2, 0.25) is 0 Å². The lowest BCUT2D eigenvalue weighted by molar-refractivity contribution is 0.400. The number of hydrogen-bond acceptors (Lipinski definition) is 7. The minimum atomic E-state index is -3.99. The number of rotatable bonds is 5. The highest BCUT2D eigenvalue weighted by molar-refractivity contribution is 7.92. The number of benzene rings is 2. The van der Waals surface area contributed by atoms with Gasteiger partial charge < -0.3 is 9.15 Å². The average molecular weight is 464 g/mol. The van der Waals surface area contributed by atoms with Gasteiger partial charge in [0.1, 0.15) is 17.0 Å². The number of fused-ring (bicyclic) bond motifs is 3. The van der Waals surface area contributed by atoms with Crippen LogP contribution in [0.15, 0.2) is 70.2 Å². The number of nitrogens with zero attached hydrogens (tertiary/aromatic N) is 3. The molecule has 0 amide bonds. The number of oxazole rings is 1. The summed E-state index contributed by atoms with van der Waals surface area (Å²) in [6, 6.07) is 11.7. The molecule has 3 aromatic heterocycles. The molecule has 5 rings (SSSR count). The molecule has 0 unspecified atom stereocenters. The summed E-state index contributed by atoms with van der Waals surface area (Å²) in [7, 11) is -2.60. The monoisotopic (exact) mass is 464 g/mol. The maximum absolute atomic E-state index is 13.2. The number of anilines is 1. The number of nitrogens with one attached hydrogen (secondary N) is 1. The number of halogens is 1. The molecule has 0 atom stereocenters. The molecular weight excluding hydrogens is 447 g/mol. The molecule has 0 fully saturated rings. The molecule has 0 aliphatic carbocycles. The molecule has 0 radical (unpaired) electrons. The van der Waals surface area contributed by atoms with Crippen molar-refractivity contribution >= 4 is 37.7 Å². The van der Waals surface area contributed by atoms with Crippen molar-refractivity contribution in [1.82, 2.24) is 15.0 Å². The Balaban J connectivity index is 1.58. The van der Waals surface area contributed by atoms with E-state index in [1.807, 2.05) is 18.2 Å². The number of sulfonamides is 1. The Bertz CT molecular complexity index is 1620. The zero-order chi connectivity index (χ0) is 23.2. The van der Waals surface area contributed by atoms with Gasteiger partial charge in [-0.05, 0) is 48.0 Å². The molecule has 0 saturated carbocycles. The summed E-state index contributed by atoms with van der Waals surface area (Å²) < 4.78 is 52.3. The van der Waals surface area contributed by atoms with Crippen LogP contribution in [0.4, 0.5) is 10.1 Å². The Labute approximate surface area is 188 Å². The zero-order valence-corrected chi connectivity index (χ0v) is 18.4. The largest absolute Gasteiger partial charge is 0.480 e. The number of aryl methyl sites for hydroxylation is 1. The molecule has 0 aliphatic rings. The van der Waals surface area contributed by atoms with E-state index in [1.165, 1.54) is 19.2 Å². The maximum Gasteiger partial charge on any atom is 0.262 e. The topological polar surface area (TPSA) is 107 Å². The van der Waals surface area contributed by atoms with E-state index in [4.69, 9.17) is 9.15 Å². The van der Waals surface area contributed by atoms with E-state index in [2.05, 4.69) is 19.7 Å². The van der Waals surface area contributed by atoms with Crippen LogP contribution in [0.3, 0.4) is 0 Å². The highest BCUT2D eigenvalue weighted by Crippen LogP contribution is 2.33. The second kappa shape index (κ2) is 7.82. The van der Waals surface area contributed by atoms with Crippen LogP contribution in [0.25, 0.3) is 33.1 Å². The Kier molecular flexibility index (Phi) is 4.94. The van der Waals surface area contributed by atoms with E-state index in [0.29, 0.717) is 22.6 Å². The lowest BCUT2D eigenvalue weighted by atomic mass is 10.0. The minimum absolute atomic E-state index is 0.0868. The predicted octanol–water partition coefficient (Wildman–Crippen LogP) is 4.69. The minimum Gasteiger partial charge on any atom is -0.480 e. The van der Waals surface area contributed by atoms with Crippen LogP contribution < -0.4 is 9.46 Å². The van der Waals surface area contributed by atoms with Crippen molar-refractivity contribution < 1.29 is 22.0 Å². The van der Waals surface area contributed by atoms with E-state index in [0.717, 1.165) is 28.6 Å². The first-order valence-corrected chi connectivity index (χ1v) is 11.3. The lowest BCUT2D eigenvalue weighted by Crippen LogP contribution is -2.14. The Morgan fingerprint density at radius 2 is 1.76 bits per heavy atom. The number of pyridine rings is 2. The van der Waals surface area contributed by atoms with Gasteiger partial charge in [-0.1, -0.05) is 6.07 Å². The second-order valence-electron chi connectivity index (χ2n) is 7.28. The highest BCUT2D eigenvalue weighted by atomic mass is 32.2. The molecule has 5 aromatic rings. The average Bonchev–Trinajstić information content (AvgIpc) is 3.19. The molecule has 0 spiro atoms. The molecule has 8 nitrogen and oxygen atoms in total. The molecule has 0 saturated heterocycles. The first-order valence-electron chi connectivity index (χ1n) is 9.83. The van der Waals surface area contributed by atoms with Gasteiger partial charge in [-0.3, -0.25) is 9.71 Å². The van der Waals surface area contributed by atoms with Gasteiger partial charge in [0.25, 0.3) is 10.0 Å². The fraction of sp³-hybridized carbons (Fsp3) is 0.0870. The van der Waals surface area contributed by atoms with Crippen molar-refractivity contribution in [2.45, 2.75) is 11.8 Å². The molecule has 33 heavy (non-hydrogen) atoms. The highest BCUT2D eigenvalue weighted by Gasteiger charge is 2.19. The number of ether oxygens (including phenoxy) is 1. The fourth-order valence-electron chi connectivity index (χ4n) is 3.53. The third-order valence-electron chi connectivity index (χ3n) is 5.07. The molecule has 0 bridgehead atoms. The van der Waals surface area contributed by atoms with Gasteiger partial charge >= 0.3 is 0 Å². The quantitative estimate of drug-likeness (QED) is 0.402. The van der Waals surface area contributed by atoms with Crippen molar-refractivity contribution in [2.75, 3.05) is 11.8 Å². The lowest BCUT2D eigenvalue weighted by Gasteiger charge is -2.13. The van der Waals surface area contributed by atoms with E-state index >= 15 is 0 Å². The normalized spacial score (nSPS) is 11.7. The molecule has 10 heteroatoms.